The van der Waals surface area contributed by atoms with E-state index < -0.39 is 0 Å². The third-order valence-corrected chi connectivity index (χ3v) is 4.03. The molecule has 7 heteroatoms. The number of hydrogen-bond donors (Lipinski definition) is 1. The van der Waals surface area contributed by atoms with Crippen molar-refractivity contribution in [2.24, 2.45) is 7.05 Å². The standard InChI is InChI=1S/C16H14N4O2S/c1-20-16(22)12-6-4-3-5-11(12)14(19-20)15(21)18-10-7-8-13(23-2)17-9-10/h3-9H,1-2H3,(H,18,21). The van der Waals surface area contributed by atoms with Crippen LogP contribution >= 0.6 is 11.8 Å². The molecule has 0 bridgehead atoms. The van der Waals surface area contributed by atoms with Gasteiger partial charge < -0.3 is 5.32 Å². The van der Waals surface area contributed by atoms with Crippen molar-refractivity contribution in [2.45, 2.75) is 5.03 Å². The minimum Gasteiger partial charge on any atom is -0.319 e. The van der Waals surface area contributed by atoms with E-state index in [2.05, 4.69) is 15.4 Å². The fourth-order valence-electron chi connectivity index (χ4n) is 2.23. The molecule has 3 rings (SSSR count). The van der Waals surface area contributed by atoms with Crippen LogP contribution in [0.15, 0.2) is 52.4 Å². The molecule has 0 spiro atoms. The zero-order valence-corrected chi connectivity index (χ0v) is 13.4. The zero-order chi connectivity index (χ0) is 16.4. The van der Waals surface area contributed by atoms with Crippen molar-refractivity contribution in [2.75, 3.05) is 11.6 Å². The van der Waals surface area contributed by atoms with Gasteiger partial charge in [-0.15, -0.1) is 11.8 Å². The van der Waals surface area contributed by atoms with Crippen LogP contribution in [-0.2, 0) is 7.05 Å². The number of nitrogens with one attached hydrogen (secondary N) is 1. The number of carbonyl (C=O) groups is 1. The second kappa shape index (κ2) is 6.21. The molecule has 0 atom stereocenters. The normalized spacial score (nSPS) is 10.7. The molecule has 1 amide bonds. The van der Waals surface area contributed by atoms with Gasteiger partial charge in [0.25, 0.3) is 11.5 Å². The molecule has 0 unspecified atom stereocenters. The molecule has 2 aromatic heterocycles. The van der Waals surface area contributed by atoms with Crippen molar-refractivity contribution < 1.29 is 4.79 Å². The highest BCUT2D eigenvalue weighted by Gasteiger charge is 2.15. The Hall–Kier alpha value is -2.67. The average molecular weight is 326 g/mol. The van der Waals surface area contributed by atoms with Crippen LogP contribution in [0.25, 0.3) is 10.8 Å². The molecule has 0 saturated carbocycles. The van der Waals surface area contributed by atoms with Crippen LogP contribution in [0.1, 0.15) is 10.5 Å². The predicted octanol–water partition coefficient (Wildman–Crippen LogP) is 2.30. The summed E-state index contributed by atoms with van der Waals surface area (Å²) in [6.45, 7) is 0. The Bertz CT molecular complexity index is 935. The molecule has 3 aromatic rings. The third-order valence-electron chi connectivity index (χ3n) is 3.37. The molecular formula is C16H14N4O2S. The third kappa shape index (κ3) is 2.95. The first-order chi connectivity index (χ1) is 11.1. The number of aryl methyl sites for hydroxylation is 1. The highest BCUT2D eigenvalue weighted by Crippen LogP contribution is 2.17. The smallest absolute Gasteiger partial charge is 0.276 e. The Morgan fingerprint density at radius 3 is 2.57 bits per heavy atom. The number of anilines is 1. The number of carbonyl (C=O) groups excluding carboxylic acids is 1. The second-order valence-electron chi connectivity index (χ2n) is 4.87. The second-order valence-corrected chi connectivity index (χ2v) is 5.69. The Labute approximate surface area is 136 Å². The van der Waals surface area contributed by atoms with Gasteiger partial charge in [0.1, 0.15) is 0 Å². The quantitative estimate of drug-likeness (QED) is 0.747. The summed E-state index contributed by atoms with van der Waals surface area (Å²) >= 11 is 1.52. The highest BCUT2D eigenvalue weighted by molar-refractivity contribution is 7.98. The summed E-state index contributed by atoms with van der Waals surface area (Å²) in [6, 6.07) is 10.5. The number of hydrogen-bond acceptors (Lipinski definition) is 5. The van der Waals surface area contributed by atoms with Crippen LogP contribution in [0.5, 0.6) is 0 Å². The maximum Gasteiger partial charge on any atom is 0.276 e. The van der Waals surface area contributed by atoms with Crippen molar-refractivity contribution in [3.63, 3.8) is 0 Å². The van der Waals surface area contributed by atoms with Crippen LogP contribution in [0.4, 0.5) is 5.69 Å². The molecule has 6 nitrogen and oxygen atoms in total. The molecule has 116 valence electrons. The maximum atomic E-state index is 12.5. The van der Waals surface area contributed by atoms with Gasteiger partial charge in [-0.25, -0.2) is 9.67 Å². The van der Waals surface area contributed by atoms with Crippen LogP contribution < -0.4 is 10.9 Å². The number of amides is 1. The first kappa shape index (κ1) is 15.2. The summed E-state index contributed by atoms with van der Waals surface area (Å²) in [7, 11) is 1.53. The SMILES string of the molecule is CSc1ccc(NC(=O)c2nn(C)c(=O)c3ccccc23)cn1. The number of rotatable bonds is 3. The number of nitrogens with zero attached hydrogens (tertiary/aromatic N) is 3. The highest BCUT2D eigenvalue weighted by atomic mass is 32.2. The summed E-state index contributed by atoms with van der Waals surface area (Å²) in [5, 5.41) is 8.72. The van der Waals surface area contributed by atoms with E-state index >= 15 is 0 Å². The largest absolute Gasteiger partial charge is 0.319 e. The summed E-state index contributed by atoms with van der Waals surface area (Å²) in [4.78, 5) is 28.8. The van der Waals surface area contributed by atoms with Gasteiger partial charge >= 0.3 is 0 Å². The Balaban J connectivity index is 2.00. The monoisotopic (exact) mass is 326 g/mol. The number of benzene rings is 1. The topological polar surface area (TPSA) is 76.9 Å². The molecule has 1 N–H and O–H groups in total. The number of fused-ring (bicyclic) bond motifs is 1. The van der Waals surface area contributed by atoms with Crippen LogP contribution in [-0.4, -0.2) is 26.9 Å². The van der Waals surface area contributed by atoms with Crippen molar-refractivity contribution in [1.82, 2.24) is 14.8 Å². The Kier molecular flexibility index (Phi) is 4.12. The van der Waals surface area contributed by atoms with Gasteiger partial charge in [-0.1, -0.05) is 18.2 Å². The average Bonchev–Trinajstić information content (AvgIpc) is 2.58. The predicted molar refractivity (Wildman–Crippen MR) is 91.0 cm³/mol. The van der Waals surface area contributed by atoms with Crippen LogP contribution in [0.3, 0.4) is 0 Å². The fraction of sp³-hybridized carbons (Fsp3) is 0.125. The first-order valence-electron chi connectivity index (χ1n) is 6.87. The molecule has 0 aliphatic carbocycles. The van der Waals surface area contributed by atoms with Crippen molar-refractivity contribution in [3.05, 3.63) is 58.6 Å². The summed E-state index contributed by atoms with van der Waals surface area (Å²) in [6.07, 6.45) is 3.52. The first-order valence-corrected chi connectivity index (χ1v) is 8.10. The molecule has 23 heavy (non-hydrogen) atoms. The van der Waals surface area contributed by atoms with Gasteiger partial charge in [-0.05, 0) is 24.5 Å². The molecule has 0 aliphatic heterocycles. The number of pyridine rings is 1. The molecule has 0 fully saturated rings. The lowest BCUT2D eigenvalue weighted by molar-refractivity contribution is 0.102. The molecule has 2 heterocycles. The lowest BCUT2D eigenvalue weighted by atomic mass is 10.1. The van der Waals surface area contributed by atoms with E-state index in [1.165, 1.54) is 23.5 Å². The lowest BCUT2D eigenvalue weighted by Gasteiger charge is -2.09. The van der Waals surface area contributed by atoms with E-state index in [1.807, 2.05) is 12.3 Å². The van der Waals surface area contributed by atoms with E-state index in [9.17, 15) is 9.59 Å². The minimum absolute atomic E-state index is 0.205. The Morgan fingerprint density at radius 1 is 1.17 bits per heavy atom. The molecule has 0 radical (unpaired) electrons. The van der Waals surface area contributed by atoms with Gasteiger partial charge in [0.15, 0.2) is 5.69 Å². The van der Waals surface area contributed by atoms with Gasteiger partial charge in [0, 0.05) is 12.4 Å². The van der Waals surface area contributed by atoms with E-state index in [4.69, 9.17) is 0 Å². The fourth-order valence-corrected chi connectivity index (χ4v) is 2.59. The van der Waals surface area contributed by atoms with Crippen LogP contribution in [0.2, 0.25) is 0 Å². The molecule has 1 aromatic carbocycles. The lowest BCUT2D eigenvalue weighted by Crippen LogP contribution is -2.25. The van der Waals surface area contributed by atoms with Gasteiger partial charge in [-0.2, -0.15) is 5.10 Å². The van der Waals surface area contributed by atoms with Crippen molar-refractivity contribution in [1.29, 1.82) is 0 Å². The van der Waals surface area contributed by atoms with E-state index in [0.717, 1.165) is 5.03 Å². The number of aromatic nitrogens is 3. The van der Waals surface area contributed by atoms with Gasteiger partial charge in [0.2, 0.25) is 0 Å². The van der Waals surface area contributed by atoms with Crippen LogP contribution in [0, 0.1) is 0 Å². The molecule has 0 aliphatic rings. The zero-order valence-electron chi connectivity index (χ0n) is 12.6. The molecular weight excluding hydrogens is 312 g/mol. The van der Waals surface area contributed by atoms with Gasteiger partial charge in [-0.3, -0.25) is 9.59 Å². The summed E-state index contributed by atoms with van der Waals surface area (Å²) in [5.74, 6) is -0.379. The van der Waals surface area contributed by atoms with E-state index in [0.29, 0.717) is 16.5 Å². The van der Waals surface area contributed by atoms with Crippen molar-refractivity contribution in [3.8, 4) is 0 Å². The number of thioether (sulfide) groups is 1. The van der Waals surface area contributed by atoms with E-state index in [-0.39, 0.29) is 17.2 Å². The van der Waals surface area contributed by atoms with E-state index in [1.54, 1.807) is 36.5 Å². The van der Waals surface area contributed by atoms with Crippen molar-refractivity contribution >= 4 is 34.1 Å². The summed E-state index contributed by atoms with van der Waals surface area (Å²) in [5.41, 5.74) is 0.548. The Morgan fingerprint density at radius 2 is 1.91 bits per heavy atom. The molecule has 0 saturated heterocycles. The minimum atomic E-state index is -0.379. The maximum absolute atomic E-state index is 12.5. The van der Waals surface area contributed by atoms with Gasteiger partial charge in [0.05, 0.1) is 22.3 Å². The summed E-state index contributed by atoms with van der Waals surface area (Å²) < 4.78 is 1.17.